The number of aromatic hydroxyl groups is 8. The van der Waals surface area contributed by atoms with Crippen LogP contribution < -0.4 is 0 Å². The highest BCUT2D eigenvalue weighted by molar-refractivity contribution is 6.34. The topological polar surface area (TPSA) is 162 Å². The zero-order valence-corrected chi connectivity index (χ0v) is 63.5. The largest absolute Gasteiger partial charge is 0.508 e. The summed E-state index contributed by atoms with van der Waals surface area (Å²) in [6.07, 6.45) is 30.6. The average Bonchev–Trinajstić information content (AvgIpc) is 1.02. The first-order valence-corrected chi connectivity index (χ1v) is 37.2. The van der Waals surface area contributed by atoms with Crippen LogP contribution in [-0.2, 0) is 32.1 Å². The summed E-state index contributed by atoms with van der Waals surface area (Å²) in [6, 6.07) is 43.6. The van der Waals surface area contributed by atoms with E-state index in [9.17, 15) is 25.5 Å². The molecule has 0 aliphatic heterocycles. The van der Waals surface area contributed by atoms with E-state index in [1.54, 1.807) is 103 Å². The summed E-state index contributed by atoms with van der Waals surface area (Å²) in [7, 11) is 0. The molecule has 9 rings (SSSR count). The molecule has 0 spiro atoms. The number of aryl methyl sites for hydroxylation is 6. The molecule has 0 bridgehead atoms. The number of hydrogen-bond acceptors (Lipinski definition) is 8. The second kappa shape index (κ2) is 52.5. The second-order valence-corrected chi connectivity index (χ2v) is 27.1. The lowest BCUT2D eigenvalue weighted by Crippen LogP contribution is -2.04. The summed E-state index contributed by atoms with van der Waals surface area (Å²) in [5.74, 6) is 2.66. The van der Waals surface area contributed by atoms with Crippen LogP contribution in [0.2, 0.25) is 40.2 Å². The summed E-state index contributed by atoms with van der Waals surface area (Å²) in [5.41, 5.74) is 6.86. The van der Waals surface area contributed by atoms with Gasteiger partial charge >= 0.3 is 0 Å². The number of hydrogen-bond donors (Lipinski definition) is 8. The van der Waals surface area contributed by atoms with E-state index in [4.69, 9.17) is 108 Å². The highest BCUT2D eigenvalue weighted by Crippen LogP contribution is 2.38. The lowest BCUT2D eigenvalue weighted by atomic mass is 9.84. The summed E-state index contributed by atoms with van der Waals surface area (Å²) in [4.78, 5) is 0. The normalized spacial score (nSPS) is 11.3. The fourth-order valence-corrected chi connectivity index (χ4v) is 11.7. The van der Waals surface area contributed by atoms with Crippen LogP contribution in [0.3, 0.4) is 0 Å². The van der Waals surface area contributed by atoms with Crippen LogP contribution >= 0.6 is 92.8 Å². The van der Waals surface area contributed by atoms with Crippen molar-refractivity contribution in [1.82, 2.24) is 0 Å². The SMILES string of the molecule is CCCCCCCCc1cc(Cl)ccc1O.CCCCCCCc1cc(Cl)ccc1O.CCCCCCc1cc(Cl)ccc1O.CCCc1cccc(O)c1Cl.CCc1cccc(O)c1Cl.Cc1cccc(O)c1Cl.Oc1ccc(Cl)cc1C1CCCCC1.Oc1ccccc1Cl. The van der Waals surface area contributed by atoms with E-state index < -0.39 is 0 Å². The number of halogens is 8. The van der Waals surface area contributed by atoms with Crippen LogP contribution in [0.4, 0.5) is 0 Å². The predicted molar refractivity (Wildman–Crippen MR) is 416 cm³/mol. The molecule has 16 heteroatoms. The van der Waals surface area contributed by atoms with Gasteiger partial charge in [0.05, 0.1) is 20.1 Å². The van der Waals surface area contributed by atoms with Gasteiger partial charge in [0.2, 0.25) is 0 Å². The van der Waals surface area contributed by atoms with Crippen molar-refractivity contribution in [3.8, 4) is 46.0 Å². The number of unbranched alkanes of at least 4 members (excludes halogenated alkanes) is 12. The molecule has 8 nitrogen and oxygen atoms in total. The van der Waals surface area contributed by atoms with Gasteiger partial charge in [-0.15, -0.1) is 0 Å². The summed E-state index contributed by atoms with van der Waals surface area (Å²) < 4.78 is 0. The van der Waals surface area contributed by atoms with Crippen molar-refractivity contribution in [2.24, 2.45) is 0 Å². The van der Waals surface area contributed by atoms with E-state index in [1.165, 1.54) is 109 Å². The van der Waals surface area contributed by atoms with Crippen molar-refractivity contribution in [2.75, 3.05) is 0 Å². The van der Waals surface area contributed by atoms with Crippen molar-refractivity contribution < 1.29 is 40.9 Å². The minimum Gasteiger partial charge on any atom is -0.508 e. The van der Waals surface area contributed by atoms with Crippen LogP contribution in [-0.4, -0.2) is 40.9 Å². The maximum Gasteiger partial charge on any atom is 0.134 e. The smallest absolute Gasteiger partial charge is 0.134 e. The summed E-state index contributed by atoms with van der Waals surface area (Å²) >= 11 is 46.2. The van der Waals surface area contributed by atoms with Gasteiger partial charge in [-0.25, -0.2) is 0 Å². The monoisotopic (exact) mass is 1480 g/mol. The van der Waals surface area contributed by atoms with Crippen molar-refractivity contribution in [1.29, 1.82) is 0 Å². The Kier molecular flexibility index (Phi) is 47.4. The van der Waals surface area contributed by atoms with E-state index >= 15 is 0 Å². The molecule has 0 unspecified atom stereocenters. The molecule has 532 valence electrons. The van der Waals surface area contributed by atoms with Crippen molar-refractivity contribution >= 4 is 92.8 Å². The molecular weight excluding hydrogens is 1380 g/mol. The third-order valence-corrected chi connectivity index (χ3v) is 18.5. The van der Waals surface area contributed by atoms with Crippen LogP contribution in [0.1, 0.15) is 214 Å². The quantitative estimate of drug-likeness (QED) is 0.0311. The minimum atomic E-state index is 0.133. The van der Waals surface area contributed by atoms with Gasteiger partial charge in [-0.2, -0.15) is 0 Å². The highest BCUT2D eigenvalue weighted by atomic mass is 35.5. The van der Waals surface area contributed by atoms with Crippen molar-refractivity contribution in [3.05, 3.63) is 231 Å². The third-order valence-electron chi connectivity index (χ3n) is 15.8. The Morgan fingerprint density at radius 3 is 1.04 bits per heavy atom. The van der Waals surface area contributed by atoms with Crippen molar-refractivity contribution in [3.63, 3.8) is 0 Å². The van der Waals surface area contributed by atoms with Gasteiger partial charge < -0.3 is 40.9 Å². The van der Waals surface area contributed by atoms with E-state index in [0.29, 0.717) is 64.1 Å². The number of phenols is 8. The first-order valence-electron chi connectivity index (χ1n) is 34.2. The third kappa shape index (κ3) is 37.5. The number of phenolic OH excluding ortho intramolecular Hbond substituents is 8. The van der Waals surface area contributed by atoms with Gasteiger partial charge in [-0.3, -0.25) is 0 Å². The molecule has 8 aromatic rings. The Hall–Kier alpha value is -5.52. The molecule has 1 aliphatic rings. The molecule has 1 aliphatic carbocycles. The Bertz CT molecular complexity index is 3390. The molecule has 8 N–H and O–H groups in total. The van der Waals surface area contributed by atoms with E-state index in [1.807, 2.05) is 62.4 Å². The van der Waals surface area contributed by atoms with Crippen molar-refractivity contribution in [2.45, 2.75) is 214 Å². The molecule has 0 atom stereocenters. The lowest BCUT2D eigenvalue weighted by Gasteiger charge is -2.22. The van der Waals surface area contributed by atoms with Crippen LogP contribution in [0.15, 0.2) is 152 Å². The molecule has 0 amide bonds. The van der Waals surface area contributed by atoms with E-state index in [-0.39, 0.29) is 23.0 Å². The molecule has 0 aromatic heterocycles. The molecule has 1 saturated carbocycles. The van der Waals surface area contributed by atoms with Gasteiger partial charge in [-0.05, 0) is 219 Å². The highest BCUT2D eigenvalue weighted by Gasteiger charge is 2.19. The van der Waals surface area contributed by atoms with Gasteiger partial charge in [0.1, 0.15) is 46.0 Å². The second-order valence-electron chi connectivity index (χ2n) is 23.8. The fraction of sp³-hybridized carbons (Fsp3) is 0.407. The maximum atomic E-state index is 9.73. The first kappa shape index (κ1) is 87.6. The molecule has 0 heterocycles. The summed E-state index contributed by atoms with van der Waals surface area (Å²) in [6.45, 7) is 12.6. The van der Waals surface area contributed by atoms with Gasteiger partial charge in [0.25, 0.3) is 0 Å². The van der Waals surface area contributed by atoms with Crippen LogP contribution in [0.5, 0.6) is 46.0 Å². The number of benzene rings is 8. The Morgan fingerprint density at radius 2 is 0.660 bits per heavy atom. The first-order chi connectivity index (χ1) is 46.5. The van der Waals surface area contributed by atoms with Crippen LogP contribution in [0, 0.1) is 6.92 Å². The average molecular weight is 1490 g/mol. The van der Waals surface area contributed by atoms with Gasteiger partial charge in [0, 0.05) is 20.1 Å². The Balaban J connectivity index is 0.000000381. The predicted octanol–water partition coefficient (Wildman–Crippen LogP) is 27.8. The van der Waals surface area contributed by atoms with Crippen LogP contribution in [0.25, 0.3) is 0 Å². The number of para-hydroxylation sites is 1. The molecule has 8 aromatic carbocycles. The fourth-order valence-electron chi connectivity index (χ4n) is 10.2. The Morgan fingerprint density at radius 1 is 0.299 bits per heavy atom. The lowest BCUT2D eigenvalue weighted by molar-refractivity contribution is 0.414. The maximum absolute atomic E-state index is 9.73. The molecule has 1 fully saturated rings. The van der Waals surface area contributed by atoms with Gasteiger partial charge in [0.15, 0.2) is 0 Å². The zero-order valence-electron chi connectivity index (χ0n) is 57.5. The standard InChI is InChI=1S/C14H21ClO.C13H19ClO.C12H15ClO.C12H17ClO.C9H11ClO.C8H9ClO.C7H7ClO.C6H5ClO/c1-2-3-4-5-6-7-8-12-11-13(15)9-10-14(12)16;1-2-3-4-5-6-7-11-10-12(14)8-9-13(11)15;13-10-6-7-12(14)11(8-10)9-4-2-1-3-5-9;1-2-3-4-5-6-10-9-11(13)7-8-12(10)14;1-2-4-7-5-3-6-8(11)9(7)10;1-2-6-4-3-5-7(10)8(6)9;1-5-3-2-4-6(9)7(5)8;7-5-3-1-2-4-6(5)8/h9-11,16H,2-8H2,1H3;8-10,15H,2-7H2,1H3;6-9,14H,1-5H2;7-9,14H,2-6H2,1H3;3,5-6,11H,2,4H2,1H3;3-5,10H,2H2,1H3;2-4,9H,1H3;1-4,8H. The molecular formula is C81H104Cl8O8. The van der Waals surface area contributed by atoms with E-state index in [2.05, 4.69) is 27.7 Å². The zero-order chi connectivity index (χ0) is 71.9. The molecule has 97 heavy (non-hydrogen) atoms. The molecule has 0 radical (unpaired) electrons. The van der Waals surface area contributed by atoms with Gasteiger partial charge in [-0.1, -0.05) is 279 Å². The Labute approximate surface area is 620 Å². The molecule has 0 saturated heterocycles. The number of rotatable bonds is 22. The minimum absolute atomic E-state index is 0.133. The van der Waals surface area contributed by atoms with E-state index in [0.717, 1.165) is 102 Å². The summed E-state index contributed by atoms with van der Waals surface area (Å²) in [5, 5.41) is 79.2.